The molecule has 130 valence electrons. The molecule has 2 amide bonds. The van der Waals surface area contributed by atoms with Gasteiger partial charge in [0.15, 0.2) is 0 Å². The van der Waals surface area contributed by atoms with Crippen LogP contribution in [-0.4, -0.2) is 42.5 Å². The third kappa shape index (κ3) is 3.82. The highest BCUT2D eigenvalue weighted by Gasteiger charge is 2.40. The Labute approximate surface area is 147 Å². The molecule has 2 atom stereocenters. The summed E-state index contributed by atoms with van der Waals surface area (Å²) in [6.45, 7) is 2.33. The standard InChI is InChI=1S/C20H22N2O3/c1-14-7-6-8-15(11-14)20(24)22-13-17(12-18(22)19(23)21-2)25-16-9-4-3-5-10-16/h3-11,17-18H,12-13H2,1-2H3,(H,21,23)/t17-,18-/m0/s1. The van der Waals surface area contributed by atoms with E-state index in [0.29, 0.717) is 18.5 Å². The quantitative estimate of drug-likeness (QED) is 0.931. The number of rotatable bonds is 4. The first-order chi connectivity index (χ1) is 12.1. The Morgan fingerprint density at radius 1 is 1.12 bits per heavy atom. The van der Waals surface area contributed by atoms with E-state index in [1.165, 1.54) is 0 Å². The first kappa shape index (κ1) is 17.0. The summed E-state index contributed by atoms with van der Waals surface area (Å²) < 4.78 is 5.97. The molecule has 2 aromatic rings. The molecule has 1 heterocycles. The monoisotopic (exact) mass is 338 g/mol. The molecule has 0 aliphatic carbocycles. The summed E-state index contributed by atoms with van der Waals surface area (Å²) in [6, 6.07) is 16.4. The van der Waals surface area contributed by atoms with Crippen LogP contribution in [0.5, 0.6) is 5.75 Å². The van der Waals surface area contributed by atoms with Gasteiger partial charge in [0.25, 0.3) is 5.91 Å². The summed E-state index contributed by atoms with van der Waals surface area (Å²) in [6.07, 6.45) is 0.269. The van der Waals surface area contributed by atoms with Crippen molar-refractivity contribution in [1.82, 2.24) is 10.2 Å². The molecular weight excluding hydrogens is 316 g/mol. The third-order valence-corrected chi connectivity index (χ3v) is 4.38. The fraction of sp³-hybridized carbons (Fsp3) is 0.300. The molecule has 0 spiro atoms. The minimum Gasteiger partial charge on any atom is -0.488 e. The van der Waals surface area contributed by atoms with Gasteiger partial charge in [0.2, 0.25) is 5.91 Å². The van der Waals surface area contributed by atoms with Gasteiger partial charge in [-0.15, -0.1) is 0 Å². The molecule has 1 fully saturated rings. The highest BCUT2D eigenvalue weighted by atomic mass is 16.5. The average molecular weight is 338 g/mol. The van der Waals surface area contributed by atoms with Crippen molar-refractivity contribution in [1.29, 1.82) is 0 Å². The van der Waals surface area contributed by atoms with Crippen LogP contribution in [0.3, 0.4) is 0 Å². The third-order valence-electron chi connectivity index (χ3n) is 4.38. The second kappa shape index (κ2) is 7.38. The Bertz CT molecular complexity index is 761. The number of carbonyl (C=O) groups is 2. The lowest BCUT2D eigenvalue weighted by Crippen LogP contribution is -2.45. The van der Waals surface area contributed by atoms with E-state index in [2.05, 4.69) is 5.32 Å². The van der Waals surface area contributed by atoms with E-state index in [1.807, 2.05) is 55.5 Å². The van der Waals surface area contributed by atoms with Crippen LogP contribution < -0.4 is 10.1 Å². The summed E-state index contributed by atoms with van der Waals surface area (Å²) in [7, 11) is 1.59. The Balaban J connectivity index is 1.80. The zero-order valence-corrected chi connectivity index (χ0v) is 14.4. The Morgan fingerprint density at radius 2 is 1.88 bits per heavy atom. The van der Waals surface area contributed by atoms with E-state index < -0.39 is 6.04 Å². The summed E-state index contributed by atoms with van der Waals surface area (Å²) in [5.74, 6) is 0.435. The summed E-state index contributed by atoms with van der Waals surface area (Å²) >= 11 is 0. The fourth-order valence-electron chi connectivity index (χ4n) is 3.16. The molecule has 0 aromatic heterocycles. The van der Waals surface area contributed by atoms with Crippen LogP contribution in [0.25, 0.3) is 0 Å². The van der Waals surface area contributed by atoms with Gasteiger partial charge in [0, 0.05) is 19.0 Å². The van der Waals surface area contributed by atoms with Crippen molar-refractivity contribution in [3.8, 4) is 5.75 Å². The van der Waals surface area contributed by atoms with Gasteiger partial charge >= 0.3 is 0 Å². The maximum Gasteiger partial charge on any atom is 0.254 e. The van der Waals surface area contributed by atoms with E-state index in [9.17, 15) is 9.59 Å². The van der Waals surface area contributed by atoms with Crippen molar-refractivity contribution >= 4 is 11.8 Å². The largest absolute Gasteiger partial charge is 0.488 e. The molecule has 25 heavy (non-hydrogen) atoms. The predicted molar refractivity (Wildman–Crippen MR) is 95.5 cm³/mol. The number of hydrogen-bond acceptors (Lipinski definition) is 3. The number of nitrogens with zero attached hydrogens (tertiary/aromatic N) is 1. The lowest BCUT2D eigenvalue weighted by molar-refractivity contribution is -0.124. The van der Waals surface area contributed by atoms with Crippen LogP contribution in [0.2, 0.25) is 0 Å². The SMILES string of the molecule is CNC(=O)[C@@H]1C[C@H](Oc2ccccc2)CN1C(=O)c1cccc(C)c1. The number of carbonyl (C=O) groups excluding carboxylic acids is 2. The second-order valence-electron chi connectivity index (χ2n) is 6.25. The van der Waals surface area contributed by atoms with Crippen LogP contribution in [0.15, 0.2) is 54.6 Å². The highest BCUT2D eigenvalue weighted by molar-refractivity contribution is 5.98. The maximum atomic E-state index is 12.9. The average Bonchev–Trinajstić information content (AvgIpc) is 3.05. The van der Waals surface area contributed by atoms with Gasteiger partial charge in [0.05, 0.1) is 6.54 Å². The Hall–Kier alpha value is -2.82. The molecule has 1 N–H and O–H groups in total. The zero-order valence-electron chi connectivity index (χ0n) is 14.4. The van der Waals surface area contributed by atoms with E-state index >= 15 is 0 Å². The molecule has 0 unspecified atom stereocenters. The lowest BCUT2D eigenvalue weighted by Gasteiger charge is -2.23. The predicted octanol–water partition coefficient (Wildman–Crippen LogP) is 2.40. The first-order valence-corrected chi connectivity index (χ1v) is 8.39. The number of hydrogen-bond donors (Lipinski definition) is 1. The number of para-hydroxylation sites is 1. The molecule has 1 saturated heterocycles. The van der Waals surface area contributed by atoms with Crippen LogP contribution in [0, 0.1) is 6.92 Å². The summed E-state index contributed by atoms with van der Waals surface area (Å²) in [5, 5.41) is 2.65. The molecule has 0 bridgehead atoms. The normalized spacial score (nSPS) is 19.5. The molecule has 1 aliphatic heterocycles. The van der Waals surface area contributed by atoms with Gasteiger partial charge in [-0.1, -0.05) is 35.9 Å². The van der Waals surface area contributed by atoms with Crippen molar-refractivity contribution in [2.75, 3.05) is 13.6 Å². The van der Waals surface area contributed by atoms with Gasteiger partial charge in [-0.3, -0.25) is 9.59 Å². The molecule has 5 heteroatoms. The summed E-state index contributed by atoms with van der Waals surface area (Å²) in [4.78, 5) is 26.8. The van der Waals surface area contributed by atoms with Crippen LogP contribution >= 0.6 is 0 Å². The van der Waals surface area contributed by atoms with E-state index in [4.69, 9.17) is 4.74 Å². The van der Waals surface area contributed by atoms with Gasteiger partial charge in [-0.2, -0.15) is 0 Å². The molecule has 5 nitrogen and oxygen atoms in total. The summed E-state index contributed by atoms with van der Waals surface area (Å²) in [5.41, 5.74) is 1.60. The van der Waals surface area contributed by atoms with Crippen molar-refractivity contribution in [3.63, 3.8) is 0 Å². The van der Waals surface area contributed by atoms with Crippen LogP contribution in [0.4, 0.5) is 0 Å². The Kier molecular flexibility index (Phi) is 5.03. The highest BCUT2D eigenvalue weighted by Crippen LogP contribution is 2.25. The van der Waals surface area contributed by atoms with E-state index in [-0.39, 0.29) is 17.9 Å². The molecular formula is C20H22N2O3. The molecule has 0 radical (unpaired) electrons. The molecule has 3 rings (SSSR count). The van der Waals surface area contributed by atoms with Gasteiger partial charge < -0.3 is 15.0 Å². The number of likely N-dealkylation sites (N-methyl/N-ethyl adjacent to an activating group) is 1. The number of aryl methyl sites for hydroxylation is 1. The minimum absolute atomic E-state index is 0.142. The first-order valence-electron chi connectivity index (χ1n) is 8.39. The fourth-order valence-corrected chi connectivity index (χ4v) is 3.16. The molecule has 2 aromatic carbocycles. The Morgan fingerprint density at radius 3 is 2.56 bits per heavy atom. The van der Waals surface area contributed by atoms with E-state index in [0.717, 1.165) is 11.3 Å². The minimum atomic E-state index is -0.522. The van der Waals surface area contributed by atoms with Crippen LogP contribution in [-0.2, 0) is 4.79 Å². The zero-order chi connectivity index (χ0) is 17.8. The topological polar surface area (TPSA) is 58.6 Å². The molecule has 1 aliphatic rings. The van der Waals surface area contributed by atoms with Crippen LogP contribution in [0.1, 0.15) is 22.3 Å². The van der Waals surface area contributed by atoms with Gasteiger partial charge in [0.1, 0.15) is 17.9 Å². The number of benzene rings is 2. The number of ether oxygens (including phenoxy) is 1. The van der Waals surface area contributed by atoms with Crippen molar-refractivity contribution in [2.45, 2.75) is 25.5 Å². The van der Waals surface area contributed by atoms with Gasteiger partial charge in [-0.05, 0) is 31.2 Å². The van der Waals surface area contributed by atoms with Crippen molar-refractivity contribution < 1.29 is 14.3 Å². The smallest absolute Gasteiger partial charge is 0.254 e. The van der Waals surface area contributed by atoms with Crippen molar-refractivity contribution in [3.05, 3.63) is 65.7 Å². The maximum absolute atomic E-state index is 12.9. The van der Waals surface area contributed by atoms with E-state index in [1.54, 1.807) is 18.0 Å². The number of likely N-dealkylation sites (tertiary alicyclic amines) is 1. The van der Waals surface area contributed by atoms with Gasteiger partial charge in [-0.25, -0.2) is 0 Å². The molecule has 0 saturated carbocycles. The number of amides is 2. The van der Waals surface area contributed by atoms with Crippen molar-refractivity contribution in [2.24, 2.45) is 0 Å². The lowest BCUT2D eigenvalue weighted by atomic mass is 10.1. The number of nitrogens with one attached hydrogen (secondary N) is 1. The second-order valence-corrected chi connectivity index (χ2v) is 6.25.